The minimum absolute atomic E-state index is 0.131. The van der Waals surface area contributed by atoms with Crippen molar-refractivity contribution in [1.82, 2.24) is 10.6 Å². The Hall–Kier alpha value is -1.80. The van der Waals surface area contributed by atoms with E-state index in [-0.39, 0.29) is 11.8 Å². The Balaban J connectivity index is 1.55. The molecule has 2 amide bonds. The molecular formula is C20H29F3N2O4. The highest BCUT2D eigenvalue weighted by Gasteiger charge is 2.55. The zero-order valence-electron chi connectivity index (χ0n) is 16.8. The van der Waals surface area contributed by atoms with Crippen molar-refractivity contribution in [2.45, 2.75) is 64.6 Å². The van der Waals surface area contributed by atoms with Crippen LogP contribution in [0.2, 0.25) is 0 Å². The summed E-state index contributed by atoms with van der Waals surface area (Å²) in [6.45, 7) is 1.19. The molecule has 0 aliphatic heterocycles. The first kappa shape index (κ1) is 21.9. The number of carbonyl (C=O) groups is 3. The van der Waals surface area contributed by atoms with E-state index in [2.05, 4.69) is 5.32 Å². The molecule has 4 fully saturated rings. The van der Waals surface area contributed by atoms with Gasteiger partial charge >= 0.3 is 12.1 Å². The molecule has 0 spiro atoms. The van der Waals surface area contributed by atoms with Crippen molar-refractivity contribution in [3.8, 4) is 0 Å². The topological polar surface area (TPSA) is 84.5 Å². The third-order valence-electron chi connectivity index (χ3n) is 6.56. The monoisotopic (exact) mass is 418 g/mol. The Labute approximate surface area is 168 Å². The molecule has 2 N–H and O–H groups in total. The highest BCUT2D eigenvalue weighted by Crippen LogP contribution is 2.60. The molecule has 0 radical (unpaired) electrons. The van der Waals surface area contributed by atoms with E-state index in [1.165, 1.54) is 19.3 Å². The van der Waals surface area contributed by atoms with Crippen molar-refractivity contribution >= 4 is 17.8 Å². The third kappa shape index (κ3) is 5.22. The van der Waals surface area contributed by atoms with E-state index in [0.29, 0.717) is 17.8 Å². The zero-order valence-corrected chi connectivity index (χ0v) is 16.8. The summed E-state index contributed by atoms with van der Waals surface area (Å²) < 4.78 is 41.3. The second-order valence-electron chi connectivity index (χ2n) is 9.39. The molecular weight excluding hydrogens is 389 g/mol. The number of ether oxygens (including phenoxy) is 1. The summed E-state index contributed by atoms with van der Waals surface area (Å²) in [4.78, 5) is 37.0. The smallest absolute Gasteiger partial charge is 0.405 e. The molecule has 29 heavy (non-hydrogen) atoms. The maximum Gasteiger partial charge on any atom is 0.405 e. The summed E-state index contributed by atoms with van der Waals surface area (Å²) >= 11 is 0. The van der Waals surface area contributed by atoms with Gasteiger partial charge in [-0.2, -0.15) is 13.2 Å². The number of halogens is 3. The first-order chi connectivity index (χ1) is 13.5. The fourth-order valence-electron chi connectivity index (χ4n) is 5.66. The zero-order chi connectivity index (χ0) is 21.4. The maximum atomic E-state index is 13.1. The van der Waals surface area contributed by atoms with E-state index in [0.717, 1.165) is 19.3 Å². The van der Waals surface area contributed by atoms with Crippen LogP contribution >= 0.6 is 0 Å². The quantitative estimate of drug-likeness (QED) is 0.623. The van der Waals surface area contributed by atoms with Crippen LogP contribution in [0.15, 0.2) is 0 Å². The van der Waals surface area contributed by atoms with Gasteiger partial charge in [0.2, 0.25) is 5.91 Å². The van der Waals surface area contributed by atoms with Gasteiger partial charge in [0.25, 0.3) is 5.91 Å². The summed E-state index contributed by atoms with van der Waals surface area (Å²) in [7, 11) is 0. The van der Waals surface area contributed by atoms with E-state index in [9.17, 15) is 27.6 Å². The largest absolute Gasteiger partial charge is 0.454 e. The van der Waals surface area contributed by atoms with E-state index in [1.54, 1.807) is 19.2 Å². The van der Waals surface area contributed by atoms with E-state index >= 15 is 0 Å². The minimum Gasteiger partial charge on any atom is -0.454 e. The number of esters is 1. The highest BCUT2D eigenvalue weighted by atomic mass is 19.4. The van der Waals surface area contributed by atoms with Crippen LogP contribution in [-0.2, 0) is 19.1 Å². The number of carbonyl (C=O) groups excluding carboxylic acids is 3. The van der Waals surface area contributed by atoms with Gasteiger partial charge in [0, 0.05) is 5.41 Å². The molecule has 1 atom stereocenters. The Morgan fingerprint density at radius 2 is 1.55 bits per heavy atom. The standard InChI is InChI=1S/C20H29F3N2O4/c1-11(2)16(17(27)29-9-15(26)24-10-20(21,22)23)25-18(28)19-6-12-3-13(7-19)5-14(4-12)8-19/h11-14,16H,3-10H2,1-2H3,(H,24,26)(H,25,28)/t12?,13?,14?,16-,19?/m1/s1. The Bertz CT molecular complexity index is 627. The van der Waals surface area contributed by atoms with Gasteiger partial charge in [-0.3, -0.25) is 9.59 Å². The maximum absolute atomic E-state index is 13.1. The lowest BCUT2D eigenvalue weighted by Gasteiger charge is -2.55. The lowest BCUT2D eigenvalue weighted by atomic mass is 9.49. The van der Waals surface area contributed by atoms with E-state index < -0.39 is 42.7 Å². The van der Waals surface area contributed by atoms with Crippen molar-refractivity contribution in [2.24, 2.45) is 29.1 Å². The van der Waals surface area contributed by atoms with Gasteiger partial charge in [-0.15, -0.1) is 0 Å². The Kier molecular flexibility index (Phi) is 6.15. The van der Waals surface area contributed by atoms with Gasteiger partial charge in [0.15, 0.2) is 6.61 Å². The number of hydrogen-bond acceptors (Lipinski definition) is 4. The summed E-state index contributed by atoms with van der Waals surface area (Å²) in [5.74, 6) is -0.519. The van der Waals surface area contributed by atoms with Crippen LogP contribution in [0.3, 0.4) is 0 Å². The summed E-state index contributed by atoms with van der Waals surface area (Å²) in [6.07, 6.45) is 1.59. The van der Waals surface area contributed by atoms with Crippen molar-refractivity contribution in [3.63, 3.8) is 0 Å². The molecule has 164 valence electrons. The van der Waals surface area contributed by atoms with Crippen molar-refractivity contribution in [3.05, 3.63) is 0 Å². The van der Waals surface area contributed by atoms with E-state index in [4.69, 9.17) is 4.74 Å². The van der Waals surface area contributed by atoms with Gasteiger partial charge in [0.1, 0.15) is 12.6 Å². The minimum atomic E-state index is -4.54. The molecule has 6 nitrogen and oxygen atoms in total. The first-order valence-corrected chi connectivity index (χ1v) is 10.3. The fourth-order valence-corrected chi connectivity index (χ4v) is 5.66. The molecule has 4 aliphatic carbocycles. The molecule has 0 heterocycles. The number of amides is 2. The van der Waals surface area contributed by atoms with Crippen LogP contribution < -0.4 is 10.6 Å². The molecule has 4 aliphatic rings. The number of rotatable bonds is 7. The van der Waals surface area contributed by atoms with Gasteiger partial charge in [0.05, 0.1) is 0 Å². The molecule has 0 unspecified atom stereocenters. The average Bonchev–Trinajstić information content (AvgIpc) is 2.60. The summed E-state index contributed by atoms with van der Waals surface area (Å²) in [5, 5.41) is 4.48. The molecule has 4 rings (SSSR count). The lowest BCUT2D eigenvalue weighted by Crippen LogP contribution is -2.57. The third-order valence-corrected chi connectivity index (χ3v) is 6.56. The van der Waals surface area contributed by atoms with Gasteiger partial charge in [-0.05, 0) is 62.2 Å². The van der Waals surface area contributed by atoms with Gasteiger partial charge in [-0.1, -0.05) is 13.8 Å². The molecule has 4 saturated carbocycles. The van der Waals surface area contributed by atoms with Crippen molar-refractivity contribution < 1.29 is 32.3 Å². The predicted octanol–water partition coefficient (Wildman–Crippen LogP) is 2.57. The van der Waals surface area contributed by atoms with Gasteiger partial charge in [-0.25, -0.2) is 4.79 Å². The van der Waals surface area contributed by atoms with Crippen LogP contribution in [0.1, 0.15) is 52.4 Å². The average molecular weight is 418 g/mol. The second-order valence-corrected chi connectivity index (χ2v) is 9.39. The molecule has 0 aromatic heterocycles. The number of hydrogen-bond donors (Lipinski definition) is 2. The highest BCUT2D eigenvalue weighted by molar-refractivity contribution is 5.89. The molecule has 9 heteroatoms. The normalized spacial score (nSPS) is 31.4. The molecule has 0 aromatic rings. The van der Waals surface area contributed by atoms with Crippen molar-refractivity contribution in [2.75, 3.05) is 13.2 Å². The Morgan fingerprint density at radius 3 is 2.00 bits per heavy atom. The lowest BCUT2D eigenvalue weighted by molar-refractivity contribution is -0.158. The van der Waals surface area contributed by atoms with Crippen LogP contribution in [0.5, 0.6) is 0 Å². The second kappa shape index (κ2) is 8.14. The van der Waals surface area contributed by atoms with Crippen LogP contribution in [-0.4, -0.2) is 43.2 Å². The van der Waals surface area contributed by atoms with Gasteiger partial charge < -0.3 is 15.4 Å². The number of nitrogens with one attached hydrogen (secondary N) is 2. The van der Waals surface area contributed by atoms with E-state index in [1.807, 2.05) is 0 Å². The number of alkyl halides is 3. The summed E-state index contributed by atoms with van der Waals surface area (Å²) in [6, 6.07) is -0.939. The fraction of sp³-hybridized carbons (Fsp3) is 0.850. The molecule has 4 bridgehead atoms. The first-order valence-electron chi connectivity index (χ1n) is 10.3. The SMILES string of the molecule is CC(C)[C@@H](NC(=O)C12CC3CC(CC(C3)C1)C2)C(=O)OCC(=O)NCC(F)(F)F. The van der Waals surface area contributed by atoms with Crippen LogP contribution in [0.4, 0.5) is 13.2 Å². The summed E-state index contributed by atoms with van der Waals surface area (Å²) in [5.41, 5.74) is -0.424. The predicted molar refractivity (Wildman–Crippen MR) is 97.4 cm³/mol. The molecule has 0 saturated heterocycles. The Morgan fingerprint density at radius 1 is 1.03 bits per heavy atom. The van der Waals surface area contributed by atoms with Crippen molar-refractivity contribution in [1.29, 1.82) is 0 Å². The van der Waals surface area contributed by atoms with Crippen LogP contribution in [0.25, 0.3) is 0 Å². The molecule has 0 aromatic carbocycles. The van der Waals surface area contributed by atoms with Crippen LogP contribution in [0, 0.1) is 29.1 Å².